The van der Waals surface area contributed by atoms with E-state index in [1.807, 2.05) is 29.2 Å². The molecule has 0 bridgehead atoms. The zero-order valence-corrected chi connectivity index (χ0v) is 16.8. The Morgan fingerprint density at radius 2 is 1.66 bits per heavy atom. The van der Waals surface area contributed by atoms with Gasteiger partial charge in [0.15, 0.2) is 0 Å². The SMILES string of the molecule is COc1ccc(N2CCCN(C3CCN(c4ccc(C#N)cc4)C3=O)CC2)cc1. The Bertz CT molecular complexity index is 889. The Labute approximate surface area is 171 Å². The van der Waals surface area contributed by atoms with Gasteiger partial charge < -0.3 is 14.5 Å². The molecule has 2 saturated heterocycles. The maximum Gasteiger partial charge on any atom is 0.244 e. The Morgan fingerprint density at radius 3 is 2.34 bits per heavy atom. The van der Waals surface area contributed by atoms with Crippen LogP contribution in [0.25, 0.3) is 0 Å². The van der Waals surface area contributed by atoms with Gasteiger partial charge in [-0.2, -0.15) is 5.26 Å². The van der Waals surface area contributed by atoms with Crippen molar-refractivity contribution < 1.29 is 9.53 Å². The second-order valence-corrected chi connectivity index (χ2v) is 7.53. The third kappa shape index (κ3) is 4.06. The predicted octanol–water partition coefficient (Wildman–Crippen LogP) is 2.88. The van der Waals surface area contributed by atoms with Crippen LogP contribution in [0.3, 0.4) is 0 Å². The largest absolute Gasteiger partial charge is 0.497 e. The number of anilines is 2. The highest BCUT2D eigenvalue weighted by Crippen LogP contribution is 2.26. The average Bonchev–Trinajstić information content (AvgIpc) is 2.99. The number of rotatable bonds is 4. The van der Waals surface area contributed by atoms with Gasteiger partial charge in [0.1, 0.15) is 5.75 Å². The molecule has 2 aliphatic heterocycles. The van der Waals surface area contributed by atoms with Crippen LogP contribution in [0.15, 0.2) is 48.5 Å². The summed E-state index contributed by atoms with van der Waals surface area (Å²) in [6.45, 7) is 4.44. The molecule has 2 aromatic carbocycles. The maximum atomic E-state index is 13.1. The molecular formula is C23H26N4O2. The van der Waals surface area contributed by atoms with E-state index in [2.05, 4.69) is 28.0 Å². The van der Waals surface area contributed by atoms with E-state index in [1.54, 1.807) is 19.2 Å². The van der Waals surface area contributed by atoms with Crippen molar-refractivity contribution >= 4 is 17.3 Å². The Morgan fingerprint density at radius 1 is 0.931 bits per heavy atom. The van der Waals surface area contributed by atoms with Gasteiger partial charge in [0, 0.05) is 44.1 Å². The third-order valence-corrected chi connectivity index (χ3v) is 5.89. The first-order chi connectivity index (χ1) is 14.2. The van der Waals surface area contributed by atoms with Crippen molar-refractivity contribution in [3.05, 3.63) is 54.1 Å². The fraction of sp³-hybridized carbons (Fsp3) is 0.391. The zero-order chi connectivity index (χ0) is 20.2. The molecule has 1 unspecified atom stereocenters. The molecule has 2 aliphatic rings. The van der Waals surface area contributed by atoms with Crippen LogP contribution in [0.1, 0.15) is 18.4 Å². The molecular weight excluding hydrogens is 364 g/mol. The maximum absolute atomic E-state index is 13.1. The minimum atomic E-state index is -0.0542. The number of ether oxygens (including phenoxy) is 1. The van der Waals surface area contributed by atoms with Crippen LogP contribution in [-0.4, -0.2) is 56.7 Å². The summed E-state index contributed by atoms with van der Waals surface area (Å²) in [4.78, 5) is 19.7. The Balaban J connectivity index is 1.40. The lowest BCUT2D eigenvalue weighted by atomic mass is 10.2. The van der Waals surface area contributed by atoms with E-state index >= 15 is 0 Å². The van der Waals surface area contributed by atoms with E-state index in [-0.39, 0.29) is 11.9 Å². The minimum Gasteiger partial charge on any atom is -0.497 e. The third-order valence-electron chi connectivity index (χ3n) is 5.89. The summed E-state index contributed by atoms with van der Waals surface area (Å²) in [5, 5.41) is 8.97. The highest BCUT2D eigenvalue weighted by molar-refractivity contribution is 5.99. The van der Waals surface area contributed by atoms with E-state index in [0.717, 1.165) is 57.0 Å². The first-order valence-corrected chi connectivity index (χ1v) is 10.1. The number of nitriles is 1. The monoisotopic (exact) mass is 390 g/mol. The van der Waals surface area contributed by atoms with Crippen molar-refractivity contribution in [1.29, 1.82) is 5.26 Å². The summed E-state index contributed by atoms with van der Waals surface area (Å²) in [7, 11) is 1.68. The highest BCUT2D eigenvalue weighted by Gasteiger charge is 2.37. The fourth-order valence-corrected chi connectivity index (χ4v) is 4.28. The number of nitrogens with zero attached hydrogens (tertiary/aromatic N) is 4. The molecule has 6 heteroatoms. The number of amides is 1. The van der Waals surface area contributed by atoms with Crippen LogP contribution in [0, 0.1) is 11.3 Å². The second kappa shape index (κ2) is 8.54. The van der Waals surface area contributed by atoms with Crippen molar-refractivity contribution in [1.82, 2.24) is 4.90 Å². The molecule has 6 nitrogen and oxygen atoms in total. The average molecular weight is 390 g/mol. The lowest BCUT2D eigenvalue weighted by Crippen LogP contribution is -2.43. The number of carbonyl (C=O) groups is 1. The molecule has 1 amide bonds. The van der Waals surface area contributed by atoms with Crippen LogP contribution < -0.4 is 14.5 Å². The van der Waals surface area contributed by atoms with Crippen molar-refractivity contribution in [3.63, 3.8) is 0 Å². The van der Waals surface area contributed by atoms with Crippen LogP contribution in [0.5, 0.6) is 5.75 Å². The van der Waals surface area contributed by atoms with Gasteiger partial charge in [-0.1, -0.05) is 0 Å². The molecule has 29 heavy (non-hydrogen) atoms. The van der Waals surface area contributed by atoms with Gasteiger partial charge in [-0.05, 0) is 61.4 Å². The van der Waals surface area contributed by atoms with Crippen molar-refractivity contribution in [2.24, 2.45) is 0 Å². The quantitative estimate of drug-likeness (QED) is 0.803. The number of methoxy groups -OCH3 is 1. The van der Waals surface area contributed by atoms with Crippen molar-refractivity contribution in [2.45, 2.75) is 18.9 Å². The van der Waals surface area contributed by atoms with Crippen LogP contribution in [0.4, 0.5) is 11.4 Å². The molecule has 0 aromatic heterocycles. The van der Waals surface area contributed by atoms with Crippen molar-refractivity contribution in [2.75, 3.05) is 49.6 Å². The van der Waals surface area contributed by atoms with E-state index < -0.39 is 0 Å². The van der Waals surface area contributed by atoms with E-state index in [4.69, 9.17) is 10.00 Å². The van der Waals surface area contributed by atoms with Gasteiger partial charge in [-0.15, -0.1) is 0 Å². The van der Waals surface area contributed by atoms with E-state index in [0.29, 0.717) is 5.56 Å². The number of hydrogen-bond acceptors (Lipinski definition) is 5. The first kappa shape index (κ1) is 19.3. The molecule has 0 N–H and O–H groups in total. The topological polar surface area (TPSA) is 59.8 Å². The van der Waals surface area contributed by atoms with Gasteiger partial charge in [0.05, 0.1) is 24.8 Å². The highest BCUT2D eigenvalue weighted by atomic mass is 16.5. The summed E-state index contributed by atoms with van der Waals surface area (Å²) in [6, 6.07) is 17.5. The summed E-state index contributed by atoms with van der Waals surface area (Å²) in [5.74, 6) is 1.04. The normalized spacial score (nSPS) is 20.4. The molecule has 2 heterocycles. The molecule has 2 aromatic rings. The van der Waals surface area contributed by atoms with Crippen LogP contribution in [0.2, 0.25) is 0 Å². The smallest absolute Gasteiger partial charge is 0.244 e. The van der Waals surface area contributed by atoms with Gasteiger partial charge in [-0.3, -0.25) is 9.69 Å². The van der Waals surface area contributed by atoms with E-state index in [9.17, 15) is 4.79 Å². The van der Waals surface area contributed by atoms with Crippen LogP contribution >= 0.6 is 0 Å². The van der Waals surface area contributed by atoms with Crippen molar-refractivity contribution in [3.8, 4) is 11.8 Å². The Hall–Kier alpha value is -3.04. The lowest BCUT2D eigenvalue weighted by Gasteiger charge is -2.27. The lowest BCUT2D eigenvalue weighted by molar-refractivity contribution is -0.121. The van der Waals surface area contributed by atoms with Gasteiger partial charge in [0.25, 0.3) is 0 Å². The summed E-state index contributed by atoms with van der Waals surface area (Å²) in [6.07, 6.45) is 1.88. The van der Waals surface area contributed by atoms with E-state index in [1.165, 1.54) is 5.69 Å². The molecule has 2 fully saturated rings. The zero-order valence-electron chi connectivity index (χ0n) is 16.8. The molecule has 0 radical (unpaired) electrons. The number of hydrogen-bond donors (Lipinski definition) is 0. The molecule has 150 valence electrons. The number of benzene rings is 2. The van der Waals surface area contributed by atoms with Gasteiger partial charge in [0.2, 0.25) is 5.91 Å². The number of carbonyl (C=O) groups excluding carboxylic acids is 1. The standard InChI is InChI=1S/C23H26N4O2/c1-29-21-9-7-19(8-10-21)25-12-2-13-26(16-15-25)22-11-14-27(23(22)28)20-5-3-18(17-24)4-6-20/h3-10,22H,2,11-16H2,1H3. The minimum absolute atomic E-state index is 0.0542. The fourth-order valence-electron chi connectivity index (χ4n) is 4.28. The summed E-state index contributed by atoms with van der Waals surface area (Å²) < 4.78 is 5.25. The molecule has 0 saturated carbocycles. The predicted molar refractivity (Wildman–Crippen MR) is 113 cm³/mol. The second-order valence-electron chi connectivity index (χ2n) is 7.53. The molecule has 1 atom stereocenters. The summed E-state index contributed by atoms with van der Waals surface area (Å²) in [5.41, 5.74) is 2.69. The molecule has 0 spiro atoms. The first-order valence-electron chi connectivity index (χ1n) is 10.1. The molecule has 0 aliphatic carbocycles. The van der Waals surface area contributed by atoms with Crippen LogP contribution in [-0.2, 0) is 4.79 Å². The Kier molecular flexibility index (Phi) is 5.68. The molecule has 4 rings (SSSR count). The van der Waals surface area contributed by atoms with Gasteiger partial charge >= 0.3 is 0 Å². The van der Waals surface area contributed by atoms with Gasteiger partial charge in [-0.25, -0.2) is 0 Å². The summed E-state index contributed by atoms with van der Waals surface area (Å²) >= 11 is 0.